The standard InChI is InChI=1S/C10H14ClN3OS/c11-9-1-2-10(13-12-9)16-8-5-14-3-6-15-7-4-14/h1-2H,3-8H2. The molecule has 1 aliphatic heterocycles. The van der Waals surface area contributed by atoms with Crippen LogP contribution in [0.3, 0.4) is 0 Å². The van der Waals surface area contributed by atoms with E-state index < -0.39 is 0 Å². The zero-order valence-electron chi connectivity index (χ0n) is 8.93. The topological polar surface area (TPSA) is 38.2 Å². The molecule has 0 aromatic carbocycles. The van der Waals surface area contributed by atoms with Gasteiger partial charge in [-0.25, -0.2) is 0 Å². The fourth-order valence-corrected chi connectivity index (χ4v) is 2.41. The van der Waals surface area contributed by atoms with Crippen molar-refractivity contribution in [2.45, 2.75) is 5.03 Å². The number of nitrogens with zero attached hydrogens (tertiary/aromatic N) is 3. The fraction of sp³-hybridized carbons (Fsp3) is 0.600. The lowest BCUT2D eigenvalue weighted by atomic mass is 10.4. The number of aromatic nitrogens is 2. The Hall–Kier alpha value is -0.360. The van der Waals surface area contributed by atoms with Gasteiger partial charge in [-0.2, -0.15) is 0 Å². The highest BCUT2D eigenvalue weighted by Crippen LogP contribution is 2.15. The van der Waals surface area contributed by atoms with E-state index in [4.69, 9.17) is 16.3 Å². The largest absolute Gasteiger partial charge is 0.379 e. The minimum absolute atomic E-state index is 0.442. The SMILES string of the molecule is Clc1ccc(SCCN2CCOCC2)nn1. The molecular formula is C10H14ClN3OS. The van der Waals surface area contributed by atoms with Crippen LogP contribution in [0, 0.1) is 0 Å². The van der Waals surface area contributed by atoms with Gasteiger partial charge >= 0.3 is 0 Å². The molecule has 0 aliphatic carbocycles. The second kappa shape index (κ2) is 6.39. The molecule has 0 saturated carbocycles. The zero-order valence-corrected chi connectivity index (χ0v) is 10.5. The molecule has 0 N–H and O–H groups in total. The second-order valence-electron chi connectivity index (χ2n) is 3.50. The van der Waals surface area contributed by atoms with E-state index >= 15 is 0 Å². The number of hydrogen-bond acceptors (Lipinski definition) is 5. The molecule has 0 bridgehead atoms. The number of morpholine rings is 1. The molecule has 0 unspecified atom stereocenters. The number of hydrogen-bond donors (Lipinski definition) is 0. The molecule has 1 aromatic heterocycles. The average Bonchev–Trinajstić information content (AvgIpc) is 2.33. The van der Waals surface area contributed by atoms with Crippen LogP contribution in [-0.2, 0) is 4.74 Å². The molecular weight excluding hydrogens is 246 g/mol. The van der Waals surface area contributed by atoms with Crippen molar-refractivity contribution in [1.29, 1.82) is 0 Å². The first-order valence-electron chi connectivity index (χ1n) is 5.27. The van der Waals surface area contributed by atoms with Gasteiger partial charge in [0.05, 0.1) is 13.2 Å². The van der Waals surface area contributed by atoms with Gasteiger partial charge in [-0.15, -0.1) is 22.0 Å². The monoisotopic (exact) mass is 259 g/mol. The summed E-state index contributed by atoms with van der Waals surface area (Å²) >= 11 is 7.37. The number of thioether (sulfide) groups is 1. The van der Waals surface area contributed by atoms with E-state index in [-0.39, 0.29) is 0 Å². The van der Waals surface area contributed by atoms with E-state index in [1.54, 1.807) is 17.8 Å². The summed E-state index contributed by atoms with van der Waals surface area (Å²) in [6, 6.07) is 3.67. The molecule has 0 atom stereocenters. The van der Waals surface area contributed by atoms with Gasteiger partial charge in [0.15, 0.2) is 5.15 Å². The van der Waals surface area contributed by atoms with E-state index in [9.17, 15) is 0 Å². The molecule has 1 aromatic rings. The summed E-state index contributed by atoms with van der Waals surface area (Å²) in [7, 11) is 0. The predicted octanol–water partition coefficient (Wildman–Crippen LogP) is 1.55. The molecule has 6 heteroatoms. The molecule has 1 aliphatic rings. The highest BCUT2D eigenvalue weighted by molar-refractivity contribution is 7.99. The van der Waals surface area contributed by atoms with Crippen LogP contribution in [0.25, 0.3) is 0 Å². The Morgan fingerprint density at radius 1 is 1.31 bits per heavy atom. The maximum Gasteiger partial charge on any atom is 0.151 e. The quantitative estimate of drug-likeness (QED) is 0.768. The third kappa shape index (κ3) is 3.90. The molecule has 2 heterocycles. The highest BCUT2D eigenvalue weighted by atomic mass is 35.5. The number of ether oxygens (including phenoxy) is 1. The third-order valence-electron chi connectivity index (χ3n) is 2.37. The van der Waals surface area contributed by atoms with Crippen LogP contribution in [-0.4, -0.2) is 53.7 Å². The Labute approximate surface area is 104 Å². The smallest absolute Gasteiger partial charge is 0.151 e. The fourth-order valence-electron chi connectivity index (χ4n) is 1.48. The lowest BCUT2D eigenvalue weighted by Gasteiger charge is -2.26. The van der Waals surface area contributed by atoms with Gasteiger partial charge in [0.25, 0.3) is 0 Å². The van der Waals surface area contributed by atoms with Gasteiger partial charge in [0, 0.05) is 25.4 Å². The van der Waals surface area contributed by atoms with Gasteiger partial charge in [0.2, 0.25) is 0 Å². The van der Waals surface area contributed by atoms with Crippen LogP contribution in [0.15, 0.2) is 17.2 Å². The van der Waals surface area contributed by atoms with Crippen LogP contribution in [0.2, 0.25) is 5.15 Å². The van der Waals surface area contributed by atoms with E-state index in [1.165, 1.54) is 0 Å². The van der Waals surface area contributed by atoms with Crippen LogP contribution in [0.4, 0.5) is 0 Å². The van der Waals surface area contributed by atoms with Crippen LogP contribution in [0.1, 0.15) is 0 Å². The van der Waals surface area contributed by atoms with Gasteiger partial charge < -0.3 is 4.74 Å². The summed E-state index contributed by atoms with van der Waals surface area (Å²) in [6.45, 7) is 4.84. The van der Waals surface area contributed by atoms with Crippen LogP contribution >= 0.6 is 23.4 Å². The first-order valence-corrected chi connectivity index (χ1v) is 6.63. The van der Waals surface area contributed by atoms with Crippen molar-refractivity contribution in [3.63, 3.8) is 0 Å². The zero-order chi connectivity index (χ0) is 11.2. The summed E-state index contributed by atoms with van der Waals surface area (Å²) in [6.07, 6.45) is 0. The van der Waals surface area contributed by atoms with Crippen molar-refractivity contribution in [1.82, 2.24) is 15.1 Å². The molecule has 16 heavy (non-hydrogen) atoms. The van der Waals surface area contributed by atoms with Gasteiger partial charge in [-0.05, 0) is 12.1 Å². The lowest BCUT2D eigenvalue weighted by Crippen LogP contribution is -2.37. The lowest BCUT2D eigenvalue weighted by molar-refractivity contribution is 0.0410. The van der Waals surface area contributed by atoms with Crippen molar-refractivity contribution in [3.8, 4) is 0 Å². The Bertz CT molecular complexity index is 316. The summed E-state index contributed by atoms with van der Waals surface area (Å²) in [4.78, 5) is 2.40. The molecule has 4 nitrogen and oxygen atoms in total. The molecule has 0 amide bonds. The van der Waals surface area contributed by atoms with Crippen molar-refractivity contribution < 1.29 is 4.74 Å². The van der Waals surface area contributed by atoms with Crippen molar-refractivity contribution in [3.05, 3.63) is 17.3 Å². The van der Waals surface area contributed by atoms with Crippen molar-refractivity contribution >= 4 is 23.4 Å². The van der Waals surface area contributed by atoms with Gasteiger partial charge in [-0.1, -0.05) is 11.6 Å². The minimum atomic E-state index is 0.442. The molecule has 1 saturated heterocycles. The van der Waals surface area contributed by atoms with E-state index in [0.29, 0.717) is 5.15 Å². The van der Waals surface area contributed by atoms with Crippen LogP contribution < -0.4 is 0 Å². The third-order valence-corrected chi connectivity index (χ3v) is 3.47. The Kier molecular flexibility index (Phi) is 4.84. The van der Waals surface area contributed by atoms with Crippen molar-refractivity contribution in [2.75, 3.05) is 38.6 Å². The maximum atomic E-state index is 5.66. The molecule has 2 rings (SSSR count). The molecule has 0 radical (unpaired) electrons. The van der Waals surface area contributed by atoms with E-state index in [2.05, 4.69) is 15.1 Å². The normalized spacial score (nSPS) is 17.6. The Balaban J connectivity index is 1.69. The Morgan fingerprint density at radius 2 is 2.12 bits per heavy atom. The van der Waals surface area contributed by atoms with E-state index in [0.717, 1.165) is 43.6 Å². The second-order valence-corrected chi connectivity index (χ2v) is 5.00. The maximum absolute atomic E-state index is 5.66. The summed E-state index contributed by atoms with van der Waals surface area (Å²) in [5, 5.41) is 9.17. The minimum Gasteiger partial charge on any atom is -0.379 e. The molecule has 0 spiro atoms. The van der Waals surface area contributed by atoms with Gasteiger partial charge in [-0.3, -0.25) is 4.90 Å². The number of rotatable bonds is 4. The van der Waals surface area contributed by atoms with Gasteiger partial charge in [0.1, 0.15) is 5.03 Å². The summed E-state index contributed by atoms with van der Waals surface area (Å²) in [5.41, 5.74) is 0. The first-order chi connectivity index (χ1) is 7.84. The highest BCUT2D eigenvalue weighted by Gasteiger charge is 2.09. The summed E-state index contributed by atoms with van der Waals surface area (Å²) in [5.74, 6) is 1.02. The van der Waals surface area contributed by atoms with E-state index in [1.807, 2.05) is 6.07 Å². The number of halogens is 1. The average molecular weight is 260 g/mol. The predicted molar refractivity (Wildman–Crippen MR) is 65.0 cm³/mol. The Morgan fingerprint density at radius 3 is 2.81 bits per heavy atom. The van der Waals surface area contributed by atoms with Crippen LogP contribution in [0.5, 0.6) is 0 Å². The van der Waals surface area contributed by atoms with Crippen molar-refractivity contribution in [2.24, 2.45) is 0 Å². The summed E-state index contributed by atoms with van der Waals surface area (Å²) < 4.78 is 5.29. The molecule has 88 valence electrons. The first kappa shape index (κ1) is 12.1. The molecule has 1 fully saturated rings.